The van der Waals surface area contributed by atoms with Gasteiger partial charge in [0.25, 0.3) is 0 Å². The van der Waals surface area contributed by atoms with Crippen molar-refractivity contribution >= 4 is 45.4 Å². The van der Waals surface area contributed by atoms with Gasteiger partial charge in [-0.3, -0.25) is 4.98 Å². The van der Waals surface area contributed by atoms with E-state index in [2.05, 4.69) is 9.97 Å². The van der Waals surface area contributed by atoms with Crippen LogP contribution in [0.5, 0.6) is 5.75 Å². The van der Waals surface area contributed by atoms with Crippen molar-refractivity contribution in [1.82, 2.24) is 9.97 Å². The van der Waals surface area contributed by atoms with E-state index in [-0.39, 0.29) is 47.5 Å². The summed E-state index contributed by atoms with van der Waals surface area (Å²) in [6.07, 6.45) is 3.19. The maximum atomic E-state index is 10.1. The summed E-state index contributed by atoms with van der Waals surface area (Å²) >= 11 is 5.87. The van der Waals surface area contributed by atoms with Crippen molar-refractivity contribution in [2.75, 3.05) is 7.11 Å². The topological polar surface area (TPSA) is 55.2 Å². The number of hydrogen-bond acceptors (Lipinski definition) is 4. The van der Waals surface area contributed by atoms with E-state index in [1.807, 2.05) is 0 Å². The number of methoxy groups -OCH3 is 1. The van der Waals surface area contributed by atoms with Crippen molar-refractivity contribution in [3.05, 3.63) is 36.7 Å². The minimum atomic E-state index is -1.05. The van der Waals surface area contributed by atoms with Crippen LogP contribution in [0, 0.1) is 7.43 Å². The quantitative estimate of drug-likeness (QED) is 0.443. The summed E-state index contributed by atoms with van der Waals surface area (Å²) in [5, 5.41) is 12.0. The molecule has 0 fully saturated rings. The Hall–Kier alpha value is -0.144. The predicted octanol–water partition coefficient (Wildman–Crippen LogP) is -0.407. The predicted molar refractivity (Wildman–Crippen MR) is 78.5 cm³/mol. The summed E-state index contributed by atoms with van der Waals surface area (Å²) in [5.74, 6) is 0.608. The number of aliphatic hydroxyl groups is 1. The molecule has 2 aromatic heterocycles. The third kappa shape index (κ3) is 4.43. The molecular formula is C13H16BrClMgN2O2. The minimum Gasteiger partial charge on any atom is -1.00 e. The van der Waals surface area contributed by atoms with Gasteiger partial charge >= 0.3 is 23.1 Å². The third-order valence-electron chi connectivity index (χ3n) is 2.50. The fourth-order valence-electron chi connectivity index (χ4n) is 1.73. The van der Waals surface area contributed by atoms with Crippen LogP contribution in [-0.2, 0) is 5.60 Å². The number of pyridine rings is 2. The molecule has 7 heteroatoms. The average molecular weight is 372 g/mol. The number of ether oxygens (including phenoxy) is 1. The standard InChI is InChI=1S/C12H13ClN2O2.CH3.BrH.Mg/c1-12(2,16)11-7-4-10(13)14-5-8(7)9(17-3)6-15-11;;;/h4-6,16H,1-3H3;1H3;1H;/q;-1;;+2/p-1. The summed E-state index contributed by atoms with van der Waals surface area (Å²) in [6, 6.07) is 1.68. The number of aromatic nitrogens is 2. The van der Waals surface area contributed by atoms with Gasteiger partial charge in [-0.15, -0.1) is 0 Å². The Morgan fingerprint density at radius 2 is 1.80 bits per heavy atom. The van der Waals surface area contributed by atoms with Gasteiger partial charge in [0.05, 0.1) is 19.0 Å². The molecule has 4 nitrogen and oxygen atoms in total. The SMILES string of the molecule is COc1cnc(C(C)(C)O)c2cc(Cl)ncc12.[Br-].[CH3-].[Mg+2]. The first-order valence-electron chi connectivity index (χ1n) is 5.14. The number of nitrogens with zero attached hydrogens (tertiary/aromatic N) is 2. The fraction of sp³-hybridized carbons (Fsp3) is 0.308. The van der Waals surface area contributed by atoms with E-state index < -0.39 is 5.60 Å². The molecule has 0 saturated heterocycles. The summed E-state index contributed by atoms with van der Waals surface area (Å²) in [7, 11) is 1.56. The van der Waals surface area contributed by atoms with Crippen LogP contribution in [-0.4, -0.2) is 45.2 Å². The number of rotatable bonds is 2. The molecule has 0 unspecified atom stereocenters. The zero-order valence-electron chi connectivity index (χ0n) is 11.9. The van der Waals surface area contributed by atoms with Gasteiger partial charge in [0.2, 0.25) is 0 Å². The smallest absolute Gasteiger partial charge is 1.00 e. The summed E-state index contributed by atoms with van der Waals surface area (Å²) in [4.78, 5) is 8.24. The Balaban J connectivity index is 0. The first-order valence-corrected chi connectivity index (χ1v) is 5.52. The molecule has 0 saturated carbocycles. The zero-order valence-corrected chi connectivity index (χ0v) is 15.7. The van der Waals surface area contributed by atoms with E-state index >= 15 is 0 Å². The van der Waals surface area contributed by atoms with Crippen LogP contribution in [0.2, 0.25) is 5.15 Å². The number of halogens is 2. The second-order valence-electron chi connectivity index (χ2n) is 4.29. The Bertz CT molecular complexity index is 576. The van der Waals surface area contributed by atoms with Crippen LogP contribution in [0.3, 0.4) is 0 Å². The van der Waals surface area contributed by atoms with Crippen molar-refractivity contribution in [3.63, 3.8) is 0 Å². The summed E-state index contributed by atoms with van der Waals surface area (Å²) < 4.78 is 5.21. The second-order valence-corrected chi connectivity index (χ2v) is 4.67. The van der Waals surface area contributed by atoms with Crippen molar-refractivity contribution < 1.29 is 26.8 Å². The molecule has 2 heterocycles. The summed E-state index contributed by atoms with van der Waals surface area (Å²) in [6.45, 7) is 3.35. The van der Waals surface area contributed by atoms with Crippen LogP contribution < -0.4 is 21.7 Å². The zero-order chi connectivity index (χ0) is 12.6. The molecule has 2 rings (SSSR count). The largest absolute Gasteiger partial charge is 2.00 e. The molecular weight excluding hydrogens is 356 g/mol. The molecule has 0 aliphatic heterocycles. The van der Waals surface area contributed by atoms with E-state index in [4.69, 9.17) is 16.3 Å². The number of fused-ring (bicyclic) bond motifs is 1. The molecule has 20 heavy (non-hydrogen) atoms. The van der Waals surface area contributed by atoms with Gasteiger partial charge in [-0.05, 0) is 19.9 Å². The summed E-state index contributed by atoms with van der Waals surface area (Å²) in [5.41, 5.74) is -0.493. The van der Waals surface area contributed by atoms with Crippen LogP contribution in [0.25, 0.3) is 10.8 Å². The Kier molecular flexibility index (Phi) is 9.23. The minimum absolute atomic E-state index is 0. The van der Waals surface area contributed by atoms with E-state index in [1.54, 1.807) is 39.4 Å². The van der Waals surface area contributed by atoms with Gasteiger partial charge in [-0.1, -0.05) is 11.6 Å². The first-order chi connectivity index (χ1) is 7.93. The Morgan fingerprint density at radius 1 is 1.20 bits per heavy atom. The normalized spacial score (nSPS) is 10.1. The fourth-order valence-corrected chi connectivity index (χ4v) is 1.89. The van der Waals surface area contributed by atoms with Crippen LogP contribution in [0.4, 0.5) is 0 Å². The molecule has 2 aromatic rings. The Labute approximate surface area is 150 Å². The molecule has 0 bridgehead atoms. The van der Waals surface area contributed by atoms with Gasteiger partial charge in [0.1, 0.15) is 16.5 Å². The Morgan fingerprint density at radius 3 is 2.30 bits per heavy atom. The van der Waals surface area contributed by atoms with Crippen molar-refractivity contribution in [2.24, 2.45) is 0 Å². The molecule has 0 spiro atoms. The average Bonchev–Trinajstić information content (AvgIpc) is 2.25. The molecule has 0 amide bonds. The van der Waals surface area contributed by atoms with Crippen LogP contribution in [0.1, 0.15) is 19.5 Å². The molecule has 0 aromatic carbocycles. The van der Waals surface area contributed by atoms with E-state index in [0.29, 0.717) is 16.6 Å². The van der Waals surface area contributed by atoms with Gasteiger partial charge in [0, 0.05) is 17.0 Å². The van der Waals surface area contributed by atoms with E-state index in [1.165, 1.54) is 0 Å². The maximum absolute atomic E-state index is 10.1. The molecule has 1 N–H and O–H groups in total. The van der Waals surface area contributed by atoms with Gasteiger partial charge in [-0.2, -0.15) is 0 Å². The van der Waals surface area contributed by atoms with Gasteiger partial charge in [0.15, 0.2) is 0 Å². The van der Waals surface area contributed by atoms with Gasteiger partial charge < -0.3 is 34.3 Å². The van der Waals surface area contributed by atoms with Crippen molar-refractivity contribution in [1.29, 1.82) is 0 Å². The molecule has 0 aliphatic rings. The maximum Gasteiger partial charge on any atom is 2.00 e. The van der Waals surface area contributed by atoms with Gasteiger partial charge in [-0.25, -0.2) is 4.98 Å². The molecule has 0 aliphatic carbocycles. The molecule has 106 valence electrons. The van der Waals surface area contributed by atoms with E-state index in [9.17, 15) is 5.11 Å². The number of hydrogen-bond donors (Lipinski definition) is 1. The second kappa shape index (κ2) is 8.34. The van der Waals surface area contributed by atoms with Crippen LogP contribution >= 0.6 is 11.6 Å². The molecule has 0 radical (unpaired) electrons. The third-order valence-corrected chi connectivity index (χ3v) is 2.71. The molecule has 0 atom stereocenters. The first kappa shape index (κ1) is 22.1. The van der Waals surface area contributed by atoms with Crippen molar-refractivity contribution in [3.8, 4) is 5.75 Å². The van der Waals surface area contributed by atoms with Crippen LogP contribution in [0.15, 0.2) is 18.5 Å². The van der Waals surface area contributed by atoms with E-state index in [0.717, 1.165) is 10.8 Å². The monoisotopic (exact) mass is 370 g/mol. The van der Waals surface area contributed by atoms with Crippen molar-refractivity contribution in [2.45, 2.75) is 19.4 Å².